The fraction of sp³-hybridized carbons (Fsp3) is 0.538. The molecule has 0 saturated carbocycles. The molecule has 14 heavy (non-hydrogen) atoms. The first-order valence-electron chi connectivity index (χ1n) is 5.41. The van der Waals surface area contributed by atoms with E-state index in [1.54, 1.807) is 6.07 Å². The summed E-state index contributed by atoms with van der Waals surface area (Å²) in [4.78, 5) is 0. The van der Waals surface area contributed by atoms with Gasteiger partial charge in [0.2, 0.25) is 0 Å². The van der Waals surface area contributed by atoms with Crippen LogP contribution >= 0.6 is 0 Å². The van der Waals surface area contributed by atoms with Crippen molar-refractivity contribution in [3.63, 3.8) is 0 Å². The molecule has 78 valence electrons. The molecule has 0 fully saturated rings. The molecule has 0 amide bonds. The zero-order valence-corrected chi connectivity index (χ0v) is 9.31. The van der Waals surface area contributed by atoms with E-state index < -0.39 is 0 Å². The van der Waals surface area contributed by atoms with Gasteiger partial charge in [0.25, 0.3) is 0 Å². The first kappa shape index (κ1) is 11.2. The normalized spacial score (nSPS) is 12.9. The van der Waals surface area contributed by atoms with Crippen LogP contribution in [0.5, 0.6) is 0 Å². The van der Waals surface area contributed by atoms with Gasteiger partial charge in [0.15, 0.2) is 0 Å². The lowest BCUT2D eigenvalue weighted by molar-refractivity contribution is 0.559. The van der Waals surface area contributed by atoms with Gasteiger partial charge in [-0.3, -0.25) is 0 Å². The predicted molar refractivity (Wildman–Crippen MR) is 59.1 cm³/mol. The summed E-state index contributed by atoms with van der Waals surface area (Å²) in [5, 5.41) is 0. The summed E-state index contributed by atoms with van der Waals surface area (Å²) in [6, 6.07) is 5.37. The number of hydrogen-bond acceptors (Lipinski definition) is 0. The molecule has 0 N–H and O–H groups in total. The molecule has 1 aromatic carbocycles. The van der Waals surface area contributed by atoms with E-state index in [2.05, 4.69) is 13.8 Å². The molecule has 0 saturated heterocycles. The average molecular weight is 194 g/mol. The molecule has 0 spiro atoms. The van der Waals surface area contributed by atoms with E-state index in [1.165, 1.54) is 12.8 Å². The zero-order valence-electron chi connectivity index (χ0n) is 9.31. The average Bonchev–Trinajstić information content (AvgIpc) is 2.18. The summed E-state index contributed by atoms with van der Waals surface area (Å²) in [6.07, 6.45) is 3.43. The van der Waals surface area contributed by atoms with Crippen molar-refractivity contribution >= 4 is 0 Å². The van der Waals surface area contributed by atoms with E-state index in [9.17, 15) is 4.39 Å². The Balaban J connectivity index is 2.77. The van der Waals surface area contributed by atoms with Crippen molar-refractivity contribution in [2.45, 2.75) is 46.0 Å². The summed E-state index contributed by atoms with van der Waals surface area (Å²) < 4.78 is 13.4. The molecule has 0 heterocycles. The SMILES string of the molecule is CCCCC(C)c1cc(C)ccc1F. The van der Waals surface area contributed by atoms with Gasteiger partial charge >= 0.3 is 0 Å². The van der Waals surface area contributed by atoms with Crippen LogP contribution in [0.1, 0.15) is 50.2 Å². The van der Waals surface area contributed by atoms with Crippen LogP contribution < -0.4 is 0 Å². The van der Waals surface area contributed by atoms with E-state index in [1.807, 2.05) is 19.1 Å². The van der Waals surface area contributed by atoms with E-state index in [-0.39, 0.29) is 5.82 Å². The van der Waals surface area contributed by atoms with Gasteiger partial charge in [-0.2, -0.15) is 0 Å². The second kappa shape index (κ2) is 5.14. The Labute approximate surface area is 86.2 Å². The zero-order chi connectivity index (χ0) is 10.6. The molecule has 1 atom stereocenters. The molecule has 0 aromatic heterocycles. The summed E-state index contributed by atoms with van der Waals surface area (Å²) in [7, 11) is 0. The predicted octanol–water partition coefficient (Wildman–Crippen LogP) is 4.43. The van der Waals surface area contributed by atoms with Crippen molar-refractivity contribution in [1.29, 1.82) is 0 Å². The van der Waals surface area contributed by atoms with Crippen LogP contribution in [0.2, 0.25) is 0 Å². The topological polar surface area (TPSA) is 0 Å². The molecule has 1 unspecified atom stereocenters. The van der Waals surface area contributed by atoms with Crippen LogP contribution in [0.4, 0.5) is 4.39 Å². The van der Waals surface area contributed by atoms with E-state index >= 15 is 0 Å². The highest BCUT2D eigenvalue weighted by molar-refractivity contribution is 5.26. The quantitative estimate of drug-likeness (QED) is 0.665. The van der Waals surface area contributed by atoms with E-state index in [4.69, 9.17) is 0 Å². The van der Waals surface area contributed by atoms with Crippen LogP contribution in [-0.4, -0.2) is 0 Å². The molecule has 1 rings (SSSR count). The first-order valence-corrected chi connectivity index (χ1v) is 5.41. The van der Waals surface area contributed by atoms with Crippen LogP contribution in [0, 0.1) is 12.7 Å². The van der Waals surface area contributed by atoms with Crippen LogP contribution in [-0.2, 0) is 0 Å². The maximum Gasteiger partial charge on any atom is 0.126 e. The first-order chi connectivity index (χ1) is 6.65. The molecular weight excluding hydrogens is 175 g/mol. The third-order valence-corrected chi connectivity index (χ3v) is 2.67. The fourth-order valence-corrected chi connectivity index (χ4v) is 1.71. The molecule has 0 aliphatic heterocycles. The van der Waals surface area contributed by atoms with Gasteiger partial charge in [0.1, 0.15) is 5.82 Å². The number of aryl methyl sites for hydroxylation is 1. The van der Waals surface area contributed by atoms with Crippen molar-refractivity contribution in [2.24, 2.45) is 0 Å². The van der Waals surface area contributed by atoms with E-state index in [0.29, 0.717) is 5.92 Å². The summed E-state index contributed by atoms with van der Waals surface area (Å²) in [5.74, 6) is 0.286. The van der Waals surface area contributed by atoms with Crippen molar-refractivity contribution in [2.75, 3.05) is 0 Å². The minimum atomic E-state index is -0.0563. The van der Waals surface area contributed by atoms with Crippen molar-refractivity contribution < 1.29 is 4.39 Å². The monoisotopic (exact) mass is 194 g/mol. The highest BCUT2D eigenvalue weighted by atomic mass is 19.1. The molecular formula is C13H19F. The van der Waals surface area contributed by atoms with Crippen molar-refractivity contribution in [1.82, 2.24) is 0 Å². The smallest absolute Gasteiger partial charge is 0.126 e. The summed E-state index contributed by atoms with van der Waals surface area (Å²) >= 11 is 0. The third-order valence-electron chi connectivity index (χ3n) is 2.67. The van der Waals surface area contributed by atoms with Crippen LogP contribution in [0.25, 0.3) is 0 Å². The maximum absolute atomic E-state index is 13.4. The Morgan fingerprint density at radius 2 is 2.07 bits per heavy atom. The molecule has 0 aliphatic carbocycles. The van der Waals surface area contributed by atoms with Gasteiger partial charge in [-0.1, -0.05) is 44.4 Å². The fourth-order valence-electron chi connectivity index (χ4n) is 1.71. The molecule has 1 heteroatoms. The number of benzene rings is 1. The molecule has 0 bridgehead atoms. The molecule has 1 aromatic rings. The van der Waals surface area contributed by atoms with Crippen molar-refractivity contribution in [3.05, 3.63) is 35.1 Å². The van der Waals surface area contributed by atoms with Crippen molar-refractivity contribution in [3.8, 4) is 0 Å². The molecule has 0 nitrogen and oxygen atoms in total. The van der Waals surface area contributed by atoms with Gasteiger partial charge in [0, 0.05) is 0 Å². The van der Waals surface area contributed by atoms with E-state index in [0.717, 1.165) is 17.5 Å². The van der Waals surface area contributed by atoms with Gasteiger partial charge in [-0.05, 0) is 30.9 Å². The summed E-state index contributed by atoms with van der Waals surface area (Å²) in [5.41, 5.74) is 2.02. The highest BCUT2D eigenvalue weighted by Gasteiger charge is 2.10. The maximum atomic E-state index is 13.4. The Bertz CT molecular complexity index is 291. The van der Waals surface area contributed by atoms with Gasteiger partial charge in [-0.15, -0.1) is 0 Å². The Kier molecular flexibility index (Phi) is 4.12. The minimum Gasteiger partial charge on any atom is -0.207 e. The third kappa shape index (κ3) is 2.83. The molecule has 0 aliphatic rings. The Morgan fingerprint density at radius 1 is 1.36 bits per heavy atom. The Hall–Kier alpha value is -0.850. The number of unbranched alkanes of at least 4 members (excludes halogenated alkanes) is 1. The number of rotatable bonds is 4. The highest BCUT2D eigenvalue weighted by Crippen LogP contribution is 2.24. The lowest BCUT2D eigenvalue weighted by atomic mass is 9.94. The minimum absolute atomic E-state index is 0.0563. The lowest BCUT2D eigenvalue weighted by Gasteiger charge is -2.12. The van der Waals surface area contributed by atoms with Gasteiger partial charge in [-0.25, -0.2) is 4.39 Å². The largest absolute Gasteiger partial charge is 0.207 e. The summed E-state index contributed by atoms with van der Waals surface area (Å²) in [6.45, 7) is 6.28. The van der Waals surface area contributed by atoms with Gasteiger partial charge in [0.05, 0.1) is 0 Å². The lowest BCUT2D eigenvalue weighted by Crippen LogP contribution is -1.98. The number of hydrogen-bond donors (Lipinski definition) is 0. The second-order valence-electron chi connectivity index (χ2n) is 4.07. The van der Waals surface area contributed by atoms with Crippen LogP contribution in [0.15, 0.2) is 18.2 Å². The Morgan fingerprint density at radius 3 is 2.71 bits per heavy atom. The standard InChI is InChI=1S/C13H19F/c1-4-5-6-11(3)12-9-10(2)7-8-13(12)14/h7-9,11H,4-6H2,1-3H3. The number of halogens is 1. The second-order valence-corrected chi connectivity index (χ2v) is 4.07. The van der Waals surface area contributed by atoms with Crippen LogP contribution in [0.3, 0.4) is 0 Å². The van der Waals surface area contributed by atoms with Gasteiger partial charge < -0.3 is 0 Å². The molecule has 0 radical (unpaired) electrons.